The van der Waals surface area contributed by atoms with Crippen molar-refractivity contribution in [1.82, 2.24) is 10.3 Å². The Balaban J connectivity index is 2.41. The van der Waals surface area contributed by atoms with Crippen molar-refractivity contribution in [2.24, 2.45) is 0 Å². The highest BCUT2D eigenvalue weighted by Crippen LogP contribution is 2.27. The molecule has 0 aliphatic heterocycles. The second-order valence-electron chi connectivity index (χ2n) is 4.93. The maximum Gasteiger partial charge on any atom is 0.128 e. The summed E-state index contributed by atoms with van der Waals surface area (Å²) in [6, 6.07) is 9.98. The summed E-state index contributed by atoms with van der Waals surface area (Å²) in [5, 5.41) is 4.26. The fourth-order valence-corrected chi connectivity index (χ4v) is 2.31. The number of nitrogen functional groups attached to an aromatic ring is 1. The van der Waals surface area contributed by atoms with Crippen LogP contribution < -0.4 is 11.1 Å². The summed E-state index contributed by atoms with van der Waals surface area (Å²) in [7, 11) is 0. The van der Waals surface area contributed by atoms with Crippen molar-refractivity contribution in [3.8, 4) is 0 Å². The Morgan fingerprint density at radius 2 is 2.00 bits per heavy atom. The first-order valence-electron chi connectivity index (χ1n) is 6.82. The van der Waals surface area contributed by atoms with Crippen LogP contribution in [0.3, 0.4) is 0 Å². The molecule has 20 heavy (non-hydrogen) atoms. The maximum absolute atomic E-state index is 6.05. The number of aryl methyl sites for hydroxylation is 1. The van der Waals surface area contributed by atoms with Crippen LogP contribution in [0.4, 0.5) is 5.82 Å². The zero-order valence-electron chi connectivity index (χ0n) is 11.9. The number of nitrogens with zero attached hydrogens (tertiary/aromatic N) is 1. The molecule has 0 fully saturated rings. The molecule has 1 unspecified atom stereocenters. The van der Waals surface area contributed by atoms with E-state index in [4.69, 9.17) is 17.3 Å². The van der Waals surface area contributed by atoms with Crippen molar-refractivity contribution in [1.29, 1.82) is 0 Å². The van der Waals surface area contributed by atoms with Crippen LogP contribution in [0, 0.1) is 6.92 Å². The van der Waals surface area contributed by atoms with Gasteiger partial charge in [-0.3, -0.25) is 0 Å². The van der Waals surface area contributed by atoms with Crippen LogP contribution in [-0.4, -0.2) is 11.5 Å². The Labute approximate surface area is 125 Å². The van der Waals surface area contributed by atoms with Crippen LogP contribution in [0.5, 0.6) is 0 Å². The van der Waals surface area contributed by atoms with Crippen molar-refractivity contribution in [2.45, 2.75) is 26.3 Å². The smallest absolute Gasteiger partial charge is 0.128 e. The summed E-state index contributed by atoms with van der Waals surface area (Å²) in [4.78, 5) is 4.26. The van der Waals surface area contributed by atoms with Gasteiger partial charge in [-0.25, -0.2) is 4.98 Å². The van der Waals surface area contributed by atoms with Gasteiger partial charge in [-0.15, -0.1) is 0 Å². The van der Waals surface area contributed by atoms with E-state index in [1.54, 1.807) is 6.20 Å². The minimum absolute atomic E-state index is 0.0413. The normalized spacial score (nSPS) is 12.3. The lowest BCUT2D eigenvalue weighted by Gasteiger charge is -2.21. The third kappa shape index (κ3) is 3.50. The lowest BCUT2D eigenvalue weighted by Crippen LogP contribution is -2.24. The van der Waals surface area contributed by atoms with E-state index in [-0.39, 0.29) is 6.04 Å². The lowest BCUT2D eigenvalue weighted by atomic mass is 9.98. The summed E-state index contributed by atoms with van der Waals surface area (Å²) in [5.41, 5.74) is 9.31. The maximum atomic E-state index is 6.05. The fourth-order valence-electron chi connectivity index (χ4n) is 2.18. The molecule has 0 radical (unpaired) electrons. The molecule has 1 aromatic carbocycles. The quantitative estimate of drug-likeness (QED) is 0.882. The Hall–Kier alpha value is -1.58. The number of rotatable bonds is 5. The molecule has 0 saturated heterocycles. The molecule has 0 aliphatic rings. The molecule has 2 aromatic rings. The van der Waals surface area contributed by atoms with E-state index in [9.17, 15) is 0 Å². The summed E-state index contributed by atoms with van der Waals surface area (Å²) in [6.07, 6.45) is 2.85. The molecule has 3 nitrogen and oxygen atoms in total. The van der Waals surface area contributed by atoms with E-state index in [2.05, 4.69) is 23.3 Å². The van der Waals surface area contributed by atoms with E-state index < -0.39 is 0 Å². The molecule has 0 bridgehead atoms. The number of hydrogen-bond acceptors (Lipinski definition) is 3. The minimum Gasteiger partial charge on any atom is -0.383 e. The van der Waals surface area contributed by atoms with Gasteiger partial charge in [0.2, 0.25) is 0 Å². The Kier molecular flexibility index (Phi) is 4.99. The summed E-state index contributed by atoms with van der Waals surface area (Å²) in [5.74, 6) is 0.569. The number of aromatic nitrogens is 1. The van der Waals surface area contributed by atoms with Gasteiger partial charge in [0.15, 0.2) is 0 Å². The van der Waals surface area contributed by atoms with Gasteiger partial charge < -0.3 is 11.1 Å². The fraction of sp³-hybridized carbons (Fsp3) is 0.312. The zero-order chi connectivity index (χ0) is 14.5. The second kappa shape index (κ2) is 6.73. The molecule has 0 saturated carbocycles. The van der Waals surface area contributed by atoms with Crippen LogP contribution in [0.25, 0.3) is 0 Å². The third-order valence-corrected chi connectivity index (χ3v) is 3.45. The molecule has 1 aromatic heterocycles. The van der Waals surface area contributed by atoms with Gasteiger partial charge in [-0.05, 0) is 49.2 Å². The molecule has 1 atom stereocenters. The van der Waals surface area contributed by atoms with Crippen molar-refractivity contribution >= 4 is 17.4 Å². The van der Waals surface area contributed by atoms with Crippen molar-refractivity contribution < 1.29 is 0 Å². The van der Waals surface area contributed by atoms with Crippen LogP contribution in [0.15, 0.2) is 36.5 Å². The van der Waals surface area contributed by atoms with E-state index in [1.807, 2.05) is 31.2 Å². The van der Waals surface area contributed by atoms with Crippen LogP contribution in [0.1, 0.15) is 36.1 Å². The monoisotopic (exact) mass is 289 g/mol. The molecule has 1 heterocycles. The SMILES string of the molecule is CCCNC(c1ccc(Cl)cc1)c1cc(C)cnc1N. The number of benzene rings is 1. The van der Waals surface area contributed by atoms with E-state index in [0.29, 0.717) is 5.82 Å². The predicted octanol–water partition coefficient (Wildman–Crippen LogP) is 3.71. The van der Waals surface area contributed by atoms with Gasteiger partial charge in [0.05, 0.1) is 6.04 Å². The van der Waals surface area contributed by atoms with Gasteiger partial charge in [0.1, 0.15) is 5.82 Å². The highest BCUT2D eigenvalue weighted by Gasteiger charge is 2.17. The van der Waals surface area contributed by atoms with Crippen LogP contribution >= 0.6 is 11.6 Å². The molecule has 4 heteroatoms. The lowest BCUT2D eigenvalue weighted by molar-refractivity contribution is 0.598. The van der Waals surface area contributed by atoms with Gasteiger partial charge in [-0.2, -0.15) is 0 Å². The van der Waals surface area contributed by atoms with Gasteiger partial charge >= 0.3 is 0 Å². The number of pyridine rings is 1. The highest BCUT2D eigenvalue weighted by atomic mass is 35.5. The molecule has 0 spiro atoms. The Morgan fingerprint density at radius 3 is 2.65 bits per heavy atom. The number of halogens is 1. The topological polar surface area (TPSA) is 50.9 Å². The molecule has 0 amide bonds. The predicted molar refractivity (Wildman–Crippen MR) is 85.0 cm³/mol. The van der Waals surface area contributed by atoms with Crippen LogP contribution in [-0.2, 0) is 0 Å². The van der Waals surface area contributed by atoms with E-state index >= 15 is 0 Å². The first-order chi connectivity index (χ1) is 9.61. The van der Waals surface area contributed by atoms with Crippen molar-refractivity contribution in [3.63, 3.8) is 0 Å². The molecule has 3 N–H and O–H groups in total. The number of nitrogens with one attached hydrogen (secondary N) is 1. The van der Waals surface area contributed by atoms with Gasteiger partial charge in [0, 0.05) is 16.8 Å². The largest absolute Gasteiger partial charge is 0.383 e. The number of anilines is 1. The first kappa shape index (κ1) is 14.8. The number of nitrogens with two attached hydrogens (primary N) is 1. The molecular formula is C16H20ClN3. The van der Waals surface area contributed by atoms with E-state index in [1.165, 1.54) is 0 Å². The minimum atomic E-state index is 0.0413. The number of hydrogen-bond donors (Lipinski definition) is 2. The van der Waals surface area contributed by atoms with Crippen LogP contribution in [0.2, 0.25) is 5.02 Å². The second-order valence-corrected chi connectivity index (χ2v) is 5.36. The Bertz CT molecular complexity index is 566. The van der Waals surface area contributed by atoms with E-state index in [0.717, 1.165) is 34.7 Å². The van der Waals surface area contributed by atoms with Gasteiger partial charge in [-0.1, -0.05) is 30.7 Å². The Morgan fingerprint density at radius 1 is 1.30 bits per heavy atom. The standard InChI is InChI=1S/C16H20ClN3/c1-3-8-19-15(12-4-6-13(17)7-5-12)14-9-11(2)10-20-16(14)18/h4-7,9-10,15,19H,3,8H2,1-2H3,(H2,18,20). The summed E-state index contributed by atoms with van der Waals surface area (Å²) >= 11 is 5.97. The molecule has 0 aliphatic carbocycles. The molecule has 2 rings (SSSR count). The van der Waals surface area contributed by atoms with Gasteiger partial charge in [0.25, 0.3) is 0 Å². The highest BCUT2D eigenvalue weighted by molar-refractivity contribution is 6.30. The summed E-state index contributed by atoms with van der Waals surface area (Å²) in [6.45, 7) is 5.08. The first-order valence-corrected chi connectivity index (χ1v) is 7.20. The summed E-state index contributed by atoms with van der Waals surface area (Å²) < 4.78 is 0. The van der Waals surface area contributed by atoms with Crippen molar-refractivity contribution in [2.75, 3.05) is 12.3 Å². The average molecular weight is 290 g/mol. The zero-order valence-corrected chi connectivity index (χ0v) is 12.6. The van der Waals surface area contributed by atoms with Crippen molar-refractivity contribution in [3.05, 3.63) is 58.2 Å². The average Bonchev–Trinajstić information content (AvgIpc) is 2.44. The molecule has 106 valence electrons. The molecular weight excluding hydrogens is 270 g/mol. The third-order valence-electron chi connectivity index (χ3n) is 3.20.